The lowest BCUT2D eigenvalue weighted by Gasteiger charge is -2.43. The number of nitrogens with zero attached hydrogens (tertiary/aromatic N) is 1. The van der Waals surface area contributed by atoms with Gasteiger partial charge in [-0.2, -0.15) is 0 Å². The van der Waals surface area contributed by atoms with Crippen LogP contribution in [0.3, 0.4) is 0 Å². The number of ketones is 1. The Kier molecular flexibility index (Phi) is 1.46. The molecular formula is C11H11NO2. The van der Waals surface area contributed by atoms with E-state index < -0.39 is 0 Å². The number of hydrogen-bond acceptors (Lipinski definition) is 3. The Hall–Kier alpha value is -1.38. The molecular weight excluding hydrogens is 178 g/mol. The molecule has 0 bridgehead atoms. The molecule has 0 aromatic carbocycles. The molecule has 3 nitrogen and oxygen atoms in total. The number of carbonyl (C=O) groups is 1. The van der Waals surface area contributed by atoms with E-state index in [9.17, 15) is 4.79 Å². The standard InChI is InChI=1S/C11H11NO2/c13-9-7-11(4-2-5-11)14-10-8(9)3-1-6-12-10/h1,3,6H,2,4-5,7H2. The molecule has 1 aromatic heterocycles. The number of Topliss-reactive ketones (excluding diaryl/α,β-unsaturated/α-hetero) is 1. The van der Waals surface area contributed by atoms with Gasteiger partial charge in [-0.3, -0.25) is 4.79 Å². The molecule has 1 aliphatic carbocycles. The van der Waals surface area contributed by atoms with E-state index in [0.29, 0.717) is 17.9 Å². The highest BCUT2D eigenvalue weighted by Gasteiger charge is 2.45. The summed E-state index contributed by atoms with van der Waals surface area (Å²) in [7, 11) is 0. The third kappa shape index (κ3) is 0.983. The predicted octanol–water partition coefficient (Wildman–Crippen LogP) is 1.97. The fourth-order valence-electron chi connectivity index (χ4n) is 2.16. The van der Waals surface area contributed by atoms with Gasteiger partial charge in [0.1, 0.15) is 5.60 Å². The normalized spacial score (nSPS) is 22.4. The first kappa shape index (κ1) is 7.97. The Morgan fingerprint density at radius 3 is 3.00 bits per heavy atom. The largest absolute Gasteiger partial charge is 0.470 e. The average molecular weight is 189 g/mol. The van der Waals surface area contributed by atoms with Crippen LogP contribution in [0.2, 0.25) is 0 Å². The summed E-state index contributed by atoms with van der Waals surface area (Å²) in [5.74, 6) is 0.711. The second-order valence-corrected chi connectivity index (χ2v) is 4.09. The lowest BCUT2D eigenvalue weighted by Crippen LogP contribution is -2.47. The Labute approximate surface area is 82.1 Å². The molecule has 72 valence electrons. The second-order valence-electron chi connectivity index (χ2n) is 4.09. The first-order valence-corrected chi connectivity index (χ1v) is 4.96. The van der Waals surface area contributed by atoms with Crippen molar-refractivity contribution in [3.8, 4) is 5.88 Å². The van der Waals surface area contributed by atoms with Gasteiger partial charge in [0.25, 0.3) is 0 Å². The molecule has 1 aliphatic heterocycles. The van der Waals surface area contributed by atoms with Gasteiger partial charge >= 0.3 is 0 Å². The van der Waals surface area contributed by atoms with E-state index in [4.69, 9.17) is 4.74 Å². The van der Waals surface area contributed by atoms with E-state index in [-0.39, 0.29) is 11.4 Å². The summed E-state index contributed by atoms with van der Waals surface area (Å²) in [6.45, 7) is 0. The minimum atomic E-state index is -0.196. The van der Waals surface area contributed by atoms with E-state index in [0.717, 1.165) is 19.3 Å². The molecule has 1 aromatic rings. The molecule has 1 spiro atoms. The summed E-state index contributed by atoms with van der Waals surface area (Å²) >= 11 is 0. The molecule has 0 N–H and O–H groups in total. The maximum Gasteiger partial charge on any atom is 0.224 e. The van der Waals surface area contributed by atoms with Crippen molar-refractivity contribution in [1.82, 2.24) is 4.98 Å². The Morgan fingerprint density at radius 2 is 2.29 bits per heavy atom. The fraction of sp³-hybridized carbons (Fsp3) is 0.455. The molecule has 3 rings (SSSR count). The van der Waals surface area contributed by atoms with Crippen molar-refractivity contribution in [3.05, 3.63) is 23.9 Å². The van der Waals surface area contributed by atoms with Crippen LogP contribution in [0.1, 0.15) is 36.0 Å². The van der Waals surface area contributed by atoms with Crippen LogP contribution < -0.4 is 4.74 Å². The van der Waals surface area contributed by atoms with Gasteiger partial charge in [-0.1, -0.05) is 0 Å². The van der Waals surface area contributed by atoms with E-state index >= 15 is 0 Å². The number of carbonyl (C=O) groups excluding carboxylic acids is 1. The molecule has 1 fully saturated rings. The van der Waals surface area contributed by atoms with Crippen LogP contribution in [0.15, 0.2) is 18.3 Å². The van der Waals surface area contributed by atoms with E-state index in [1.807, 2.05) is 0 Å². The van der Waals surface area contributed by atoms with Crippen molar-refractivity contribution in [2.45, 2.75) is 31.3 Å². The number of pyridine rings is 1. The number of fused-ring (bicyclic) bond motifs is 1. The molecule has 0 atom stereocenters. The van der Waals surface area contributed by atoms with Gasteiger partial charge in [0.05, 0.1) is 12.0 Å². The summed E-state index contributed by atoms with van der Waals surface area (Å²) in [5, 5.41) is 0. The summed E-state index contributed by atoms with van der Waals surface area (Å²) < 4.78 is 5.79. The molecule has 0 amide bonds. The van der Waals surface area contributed by atoms with Crippen molar-refractivity contribution < 1.29 is 9.53 Å². The first-order chi connectivity index (χ1) is 6.79. The molecule has 2 heterocycles. The highest BCUT2D eigenvalue weighted by Crippen LogP contribution is 2.43. The quantitative estimate of drug-likeness (QED) is 0.626. The molecule has 1 saturated carbocycles. The van der Waals surface area contributed by atoms with Crippen molar-refractivity contribution in [1.29, 1.82) is 0 Å². The van der Waals surface area contributed by atoms with E-state index in [2.05, 4.69) is 4.98 Å². The van der Waals surface area contributed by atoms with Gasteiger partial charge in [0.2, 0.25) is 5.88 Å². The van der Waals surface area contributed by atoms with Crippen LogP contribution in [-0.4, -0.2) is 16.4 Å². The van der Waals surface area contributed by atoms with Crippen LogP contribution in [0.4, 0.5) is 0 Å². The lowest BCUT2D eigenvalue weighted by atomic mass is 9.74. The van der Waals surface area contributed by atoms with Gasteiger partial charge in [0, 0.05) is 6.20 Å². The molecule has 0 radical (unpaired) electrons. The average Bonchev–Trinajstić information content (AvgIpc) is 2.15. The van der Waals surface area contributed by atoms with Crippen molar-refractivity contribution >= 4 is 5.78 Å². The smallest absolute Gasteiger partial charge is 0.224 e. The Bertz CT molecular complexity index is 396. The van der Waals surface area contributed by atoms with Crippen LogP contribution in [0.5, 0.6) is 5.88 Å². The van der Waals surface area contributed by atoms with Crippen molar-refractivity contribution in [2.24, 2.45) is 0 Å². The maximum absolute atomic E-state index is 11.8. The predicted molar refractivity (Wildman–Crippen MR) is 50.4 cm³/mol. The Balaban J connectivity index is 2.04. The third-order valence-corrected chi connectivity index (χ3v) is 3.13. The minimum Gasteiger partial charge on any atom is -0.470 e. The SMILES string of the molecule is O=C1CC2(CCC2)Oc2ncccc21. The summed E-state index contributed by atoms with van der Waals surface area (Å²) in [5.41, 5.74) is 0.448. The molecule has 0 saturated heterocycles. The highest BCUT2D eigenvalue weighted by molar-refractivity contribution is 5.99. The van der Waals surface area contributed by atoms with E-state index in [1.54, 1.807) is 18.3 Å². The topological polar surface area (TPSA) is 39.2 Å². The number of aromatic nitrogens is 1. The highest BCUT2D eigenvalue weighted by atomic mass is 16.5. The zero-order valence-corrected chi connectivity index (χ0v) is 7.82. The van der Waals surface area contributed by atoms with Crippen molar-refractivity contribution in [2.75, 3.05) is 0 Å². The van der Waals surface area contributed by atoms with Gasteiger partial charge in [-0.05, 0) is 31.4 Å². The minimum absolute atomic E-state index is 0.180. The van der Waals surface area contributed by atoms with Crippen LogP contribution in [-0.2, 0) is 0 Å². The summed E-state index contributed by atoms with van der Waals surface area (Å²) in [6.07, 6.45) is 5.36. The van der Waals surface area contributed by atoms with Crippen molar-refractivity contribution in [3.63, 3.8) is 0 Å². The lowest BCUT2D eigenvalue weighted by molar-refractivity contribution is -0.0213. The third-order valence-electron chi connectivity index (χ3n) is 3.13. The monoisotopic (exact) mass is 189 g/mol. The van der Waals surface area contributed by atoms with Crippen LogP contribution in [0.25, 0.3) is 0 Å². The first-order valence-electron chi connectivity index (χ1n) is 4.96. The number of hydrogen-bond donors (Lipinski definition) is 0. The fourth-order valence-corrected chi connectivity index (χ4v) is 2.16. The van der Waals surface area contributed by atoms with E-state index in [1.165, 1.54) is 0 Å². The number of rotatable bonds is 0. The summed E-state index contributed by atoms with van der Waals surface area (Å²) in [4.78, 5) is 15.9. The molecule has 2 aliphatic rings. The van der Waals surface area contributed by atoms with Crippen LogP contribution >= 0.6 is 0 Å². The zero-order chi connectivity index (χ0) is 9.60. The number of ether oxygens (including phenoxy) is 1. The molecule has 3 heteroatoms. The maximum atomic E-state index is 11.8. The molecule has 14 heavy (non-hydrogen) atoms. The Morgan fingerprint density at radius 1 is 1.43 bits per heavy atom. The van der Waals surface area contributed by atoms with Gasteiger partial charge in [0.15, 0.2) is 5.78 Å². The second kappa shape index (κ2) is 2.56. The van der Waals surface area contributed by atoms with Gasteiger partial charge < -0.3 is 4.74 Å². The zero-order valence-electron chi connectivity index (χ0n) is 7.82. The van der Waals surface area contributed by atoms with Gasteiger partial charge in [-0.15, -0.1) is 0 Å². The summed E-state index contributed by atoms with van der Waals surface area (Å²) in [6, 6.07) is 3.56. The molecule has 0 unspecified atom stereocenters. The van der Waals surface area contributed by atoms with Crippen LogP contribution in [0, 0.1) is 0 Å². The van der Waals surface area contributed by atoms with Gasteiger partial charge in [-0.25, -0.2) is 4.98 Å².